The largest absolute Gasteiger partial charge is 0.478 e. The van der Waals surface area contributed by atoms with Crippen LogP contribution in [0.25, 0.3) is 0 Å². The van der Waals surface area contributed by atoms with E-state index in [1.807, 2.05) is 0 Å². The number of rotatable bonds is 3. The Bertz CT molecular complexity index is 294. The highest BCUT2D eigenvalue weighted by molar-refractivity contribution is 5.89. The van der Waals surface area contributed by atoms with E-state index in [0.29, 0.717) is 12.2 Å². The molecule has 0 atom stereocenters. The summed E-state index contributed by atoms with van der Waals surface area (Å²) >= 11 is 0. The Morgan fingerprint density at radius 3 is 2.06 bits per heavy atom. The van der Waals surface area contributed by atoms with E-state index in [4.69, 9.17) is 10.2 Å². The molecule has 0 saturated carbocycles. The first-order chi connectivity index (χ1) is 7.45. The molecule has 0 aromatic carbocycles. The van der Waals surface area contributed by atoms with Gasteiger partial charge in [-0.2, -0.15) is 0 Å². The van der Waals surface area contributed by atoms with E-state index in [2.05, 4.69) is 29.8 Å². The fraction of sp³-hybridized carbons (Fsp3) is 0.500. The Hall–Kier alpha value is -1.85. The van der Waals surface area contributed by atoms with Crippen LogP contribution in [-0.4, -0.2) is 64.6 Å². The van der Waals surface area contributed by atoms with Crippen molar-refractivity contribution < 1.29 is 24.4 Å². The molecular formula is C10H17N2O4+. The molecular weight excluding hydrogens is 212 g/mol. The second-order valence-electron chi connectivity index (χ2n) is 3.23. The number of likely N-dealkylation sites (N-methyl/N-ethyl adjacent to an activating group) is 2. The van der Waals surface area contributed by atoms with Crippen molar-refractivity contribution in [1.82, 2.24) is 4.90 Å². The van der Waals surface area contributed by atoms with E-state index >= 15 is 0 Å². The standard InChI is InChI=1S/C6H13N2.C4H4O4/c1-3-8-5-4-7(2)6-8;5-3(6)1-2-4(7)8/h6H,3-5H2,1-2H3;1-2H,(H,5,6)(H,7,8)/q+1;/b;2-1-. The molecule has 0 saturated heterocycles. The SMILES string of the molecule is CCN1C=[N+](C)CC1.O=C(O)/C=C\C(=O)O. The topological polar surface area (TPSA) is 80.8 Å². The van der Waals surface area contributed by atoms with Gasteiger partial charge in [-0.05, 0) is 6.92 Å². The second-order valence-corrected chi connectivity index (χ2v) is 3.23. The van der Waals surface area contributed by atoms with Gasteiger partial charge in [0.2, 0.25) is 6.34 Å². The smallest absolute Gasteiger partial charge is 0.328 e. The summed E-state index contributed by atoms with van der Waals surface area (Å²) in [6, 6.07) is 0. The van der Waals surface area contributed by atoms with Crippen molar-refractivity contribution in [2.45, 2.75) is 6.92 Å². The summed E-state index contributed by atoms with van der Waals surface area (Å²) in [6.07, 6.45) is 3.28. The summed E-state index contributed by atoms with van der Waals surface area (Å²) in [5, 5.41) is 15.6. The van der Waals surface area contributed by atoms with Crippen molar-refractivity contribution in [3.63, 3.8) is 0 Å². The van der Waals surface area contributed by atoms with Crippen molar-refractivity contribution in [1.29, 1.82) is 0 Å². The molecule has 6 nitrogen and oxygen atoms in total. The highest BCUT2D eigenvalue weighted by Crippen LogP contribution is 1.88. The van der Waals surface area contributed by atoms with Gasteiger partial charge in [0.25, 0.3) is 0 Å². The Labute approximate surface area is 94.1 Å². The molecule has 0 aromatic heterocycles. The molecule has 0 aromatic rings. The van der Waals surface area contributed by atoms with Crippen molar-refractivity contribution in [3.8, 4) is 0 Å². The van der Waals surface area contributed by atoms with Gasteiger partial charge in [-0.25, -0.2) is 9.59 Å². The summed E-state index contributed by atoms with van der Waals surface area (Å²) in [4.78, 5) is 21.4. The summed E-state index contributed by atoms with van der Waals surface area (Å²) in [5.41, 5.74) is 0. The zero-order valence-corrected chi connectivity index (χ0v) is 9.46. The Balaban J connectivity index is 0.000000281. The molecule has 0 bridgehead atoms. The molecule has 0 amide bonds. The molecule has 16 heavy (non-hydrogen) atoms. The highest BCUT2D eigenvalue weighted by Gasteiger charge is 2.12. The maximum Gasteiger partial charge on any atom is 0.328 e. The van der Waals surface area contributed by atoms with Crippen LogP contribution in [0.3, 0.4) is 0 Å². The quantitative estimate of drug-likeness (QED) is 0.513. The Kier molecular flexibility index (Phi) is 6.58. The van der Waals surface area contributed by atoms with Gasteiger partial charge in [-0.15, -0.1) is 0 Å². The Morgan fingerprint density at radius 2 is 1.88 bits per heavy atom. The third-order valence-corrected chi connectivity index (χ3v) is 1.88. The van der Waals surface area contributed by atoms with Crippen LogP contribution in [0.4, 0.5) is 0 Å². The van der Waals surface area contributed by atoms with Crippen LogP contribution in [0, 0.1) is 0 Å². The van der Waals surface area contributed by atoms with E-state index in [1.165, 1.54) is 13.1 Å². The molecule has 1 aliphatic heterocycles. The molecule has 1 rings (SSSR count). The van der Waals surface area contributed by atoms with E-state index in [9.17, 15) is 9.59 Å². The predicted molar refractivity (Wildman–Crippen MR) is 58.8 cm³/mol. The van der Waals surface area contributed by atoms with Gasteiger partial charge in [-0.3, -0.25) is 9.48 Å². The number of aliphatic carboxylic acids is 2. The summed E-state index contributed by atoms with van der Waals surface area (Å²) < 4.78 is 2.21. The minimum Gasteiger partial charge on any atom is -0.478 e. The molecule has 6 heteroatoms. The lowest BCUT2D eigenvalue weighted by atomic mass is 10.5. The van der Waals surface area contributed by atoms with Crippen LogP contribution in [0.2, 0.25) is 0 Å². The van der Waals surface area contributed by atoms with Crippen LogP contribution in [0.15, 0.2) is 12.2 Å². The number of hydrogen-bond acceptors (Lipinski definition) is 3. The van der Waals surface area contributed by atoms with Crippen molar-refractivity contribution in [2.24, 2.45) is 0 Å². The predicted octanol–water partition coefficient (Wildman–Crippen LogP) is -0.296. The zero-order valence-electron chi connectivity index (χ0n) is 9.46. The van der Waals surface area contributed by atoms with Gasteiger partial charge in [0.1, 0.15) is 13.1 Å². The molecule has 1 heterocycles. The maximum atomic E-state index is 9.55. The lowest BCUT2D eigenvalue weighted by molar-refractivity contribution is -0.482. The third kappa shape index (κ3) is 7.54. The number of carboxylic acids is 2. The molecule has 0 aliphatic carbocycles. The van der Waals surface area contributed by atoms with E-state index < -0.39 is 11.9 Å². The number of hydrogen-bond donors (Lipinski definition) is 2. The van der Waals surface area contributed by atoms with Crippen molar-refractivity contribution in [2.75, 3.05) is 26.7 Å². The monoisotopic (exact) mass is 229 g/mol. The second kappa shape index (κ2) is 7.44. The fourth-order valence-electron chi connectivity index (χ4n) is 1.06. The first-order valence-electron chi connectivity index (χ1n) is 4.89. The van der Waals surface area contributed by atoms with E-state index in [-0.39, 0.29) is 0 Å². The lowest BCUT2D eigenvalue weighted by Gasteiger charge is -1.98. The maximum absolute atomic E-state index is 9.55. The minimum atomic E-state index is -1.26. The third-order valence-electron chi connectivity index (χ3n) is 1.88. The van der Waals surface area contributed by atoms with Crippen LogP contribution in [0.5, 0.6) is 0 Å². The summed E-state index contributed by atoms with van der Waals surface area (Å²) in [7, 11) is 2.11. The number of carboxylic acid groups (broad SMARTS) is 2. The summed E-state index contributed by atoms with van der Waals surface area (Å²) in [5.74, 6) is -2.51. The van der Waals surface area contributed by atoms with Crippen LogP contribution >= 0.6 is 0 Å². The van der Waals surface area contributed by atoms with Gasteiger partial charge in [0, 0.05) is 12.2 Å². The van der Waals surface area contributed by atoms with Crippen molar-refractivity contribution in [3.05, 3.63) is 12.2 Å². The fourth-order valence-corrected chi connectivity index (χ4v) is 1.06. The van der Waals surface area contributed by atoms with Crippen LogP contribution in [-0.2, 0) is 9.59 Å². The van der Waals surface area contributed by atoms with Gasteiger partial charge >= 0.3 is 11.9 Å². The molecule has 0 fully saturated rings. The zero-order chi connectivity index (χ0) is 12.6. The molecule has 90 valence electrons. The molecule has 1 aliphatic rings. The van der Waals surface area contributed by atoms with Gasteiger partial charge < -0.3 is 10.2 Å². The normalized spacial score (nSPS) is 14.4. The van der Waals surface area contributed by atoms with Gasteiger partial charge in [0.05, 0.1) is 13.6 Å². The van der Waals surface area contributed by atoms with Crippen molar-refractivity contribution >= 4 is 18.3 Å². The molecule has 0 unspecified atom stereocenters. The molecule has 0 spiro atoms. The molecule has 0 radical (unpaired) electrons. The lowest BCUT2D eigenvalue weighted by Crippen LogP contribution is -2.18. The van der Waals surface area contributed by atoms with Crippen LogP contribution < -0.4 is 0 Å². The number of nitrogens with zero attached hydrogens (tertiary/aromatic N) is 2. The van der Waals surface area contributed by atoms with E-state index in [0.717, 1.165) is 6.54 Å². The first kappa shape index (κ1) is 14.2. The van der Waals surface area contributed by atoms with Crippen LogP contribution in [0.1, 0.15) is 6.92 Å². The first-order valence-corrected chi connectivity index (χ1v) is 4.89. The average molecular weight is 229 g/mol. The average Bonchev–Trinajstić information content (AvgIpc) is 2.62. The highest BCUT2D eigenvalue weighted by atomic mass is 16.4. The molecule has 2 N–H and O–H groups in total. The Morgan fingerprint density at radius 1 is 1.38 bits per heavy atom. The summed E-state index contributed by atoms with van der Waals surface area (Å²) in [6.45, 7) is 5.71. The van der Waals surface area contributed by atoms with Gasteiger partial charge in [-0.1, -0.05) is 0 Å². The minimum absolute atomic E-state index is 0.558. The van der Waals surface area contributed by atoms with E-state index in [1.54, 1.807) is 0 Å². The van der Waals surface area contributed by atoms with Gasteiger partial charge in [0.15, 0.2) is 0 Å². The number of carbonyl (C=O) groups is 2.